The predicted octanol–water partition coefficient (Wildman–Crippen LogP) is -2.44. The van der Waals surface area contributed by atoms with Crippen LogP contribution in [0.25, 0.3) is 0 Å². The summed E-state index contributed by atoms with van der Waals surface area (Å²) in [7, 11) is 0. The minimum Gasteiger partial charge on any atom is -0.508 e. The van der Waals surface area contributed by atoms with Gasteiger partial charge in [-0.05, 0) is 30.5 Å². The molecule has 0 heterocycles. The molecule has 0 radical (unpaired) electrons. The van der Waals surface area contributed by atoms with E-state index < -0.39 is 60.2 Å². The molecule has 0 aliphatic heterocycles. The van der Waals surface area contributed by atoms with Gasteiger partial charge in [-0.3, -0.25) is 24.0 Å². The minimum atomic E-state index is -1.40. The lowest BCUT2D eigenvalue weighted by Crippen LogP contribution is -2.54. The van der Waals surface area contributed by atoms with Gasteiger partial charge >= 0.3 is 11.9 Å². The fourth-order valence-corrected chi connectivity index (χ4v) is 2.85. The van der Waals surface area contributed by atoms with Gasteiger partial charge in [-0.1, -0.05) is 12.1 Å². The zero-order chi connectivity index (χ0) is 26.5. The third-order valence-electron chi connectivity index (χ3n) is 4.75. The summed E-state index contributed by atoms with van der Waals surface area (Å²) in [6.07, 6.45) is -1.09. The van der Waals surface area contributed by atoms with Gasteiger partial charge in [-0.25, -0.2) is 4.79 Å². The fourth-order valence-electron chi connectivity index (χ4n) is 2.85. The van der Waals surface area contributed by atoms with Crippen molar-refractivity contribution in [2.24, 2.45) is 11.5 Å². The van der Waals surface area contributed by atoms with Gasteiger partial charge in [0.1, 0.15) is 17.8 Å². The molecule has 0 aromatic heterocycles. The molecule has 10 N–H and O–H groups in total. The smallest absolute Gasteiger partial charge is 0.326 e. The van der Waals surface area contributed by atoms with Gasteiger partial charge in [0.05, 0.1) is 12.6 Å². The molecule has 0 spiro atoms. The molecule has 3 unspecified atom stereocenters. The molecule has 1 aromatic carbocycles. The Balaban J connectivity index is 2.82. The van der Waals surface area contributed by atoms with Gasteiger partial charge < -0.3 is 42.7 Å². The van der Waals surface area contributed by atoms with Gasteiger partial charge in [0.2, 0.25) is 23.6 Å². The monoisotopic (exact) mass is 495 g/mol. The van der Waals surface area contributed by atoms with Crippen LogP contribution >= 0.6 is 0 Å². The third-order valence-corrected chi connectivity index (χ3v) is 4.75. The lowest BCUT2D eigenvalue weighted by Gasteiger charge is -2.21. The second-order valence-corrected chi connectivity index (χ2v) is 7.65. The largest absolute Gasteiger partial charge is 0.508 e. The van der Waals surface area contributed by atoms with E-state index in [0.29, 0.717) is 5.56 Å². The summed E-state index contributed by atoms with van der Waals surface area (Å²) in [4.78, 5) is 70.0. The van der Waals surface area contributed by atoms with E-state index in [2.05, 4.69) is 16.0 Å². The number of carboxylic acid groups (broad SMARTS) is 2. The molecule has 192 valence electrons. The van der Waals surface area contributed by atoms with Crippen LogP contribution < -0.4 is 27.4 Å². The number of carbonyl (C=O) groups excluding carboxylic acids is 4. The average molecular weight is 495 g/mol. The van der Waals surface area contributed by atoms with Gasteiger partial charge in [0, 0.05) is 19.3 Å². The number of hydrogen-bond donors (Lipinski definition) is 8. The van der Waals surface area contributed by atoms with Crippen molar-refractivity contribution in [3.8, 4) is 5.75 Å². The Morgan fingerprint density at radius 2 is 1.49 bits per heavy atom. The normalized spacial score (nSPS) is 13.1. The number of nitrogens with one attached hydrogen (secondary N) is 3. The number of phenolic OH excluding ortho intramolecular Hbond substituents is 1. The first-order valence-electron chi connectivity index (χ1n) is 10.5. The lowest BCUT2D eigenvalue weighted by molar-refractivity contribution is -0.142. The number of phenols is 1. The summed E-state index contributed by atoms with van der Waals surface area (Å²) < 4.78 is 0. The molecular weight excluding hydrogens is 466 g/mol. The second kappa shape index (κ2) is 14.1. The number of rotatable bonds is 15. The Bertz CT molecular complexity index is 936. The van der Waals surface area contributed by atoms with Gasteiger partial charge in [-0.15, -0.1) is 0 Å². The highest BCUT2D eigenvalue weighted by molar-refractivity contribution is 5.93. The van der Waals surface area contributed by atoms with Crippen LogP contribution in [0.2, 0.25) is 0 Å². The van der Waals surface area contributed by atoms with Crippen molar-refractivity contribution < 1.29 is 44.1 Å². The zero-order valence-corrected chi connectivity index (χ0v) is 18.7. The van der Waals surface area contributed by atoms with Crippen molar-refractivity contribution in [2.45, 2.75) is 50.2 Å². The highest BCUT2D eigenvalue weighted by Gasteiger charge is 2.26. The van der Waals surface area contributed by atoms with Crippen LogP contribution in [-0.4, -0.2) is 75.6 Å². The fraction of sp³-hybridized carbons (Fsp3) is 0.429. The summed E-state index contributed by atoms with van der Waals surface area (Å²) in [5.74, 6) is -5.73. The first-order valence-corrected chi connectivity index (χ1v) is 10.5. The van der Waals surface area contributed by atoms with Crippen molar-refractivity contribution >= 4 is 35.6 Å². The van der Waals surface area contributed by atoms with E-state index in [-0.39, 0.29) is 37.9 Å². The van der Waals surface area contributed by atoms with Crippen LogP contribution in [0.4, 0.5) is 0 Å². The van der Waals surface area contributed by atoms with E-state index in [4.69, 9.17) is 21.7 Å². The average Bonchev–Trinajstić information content (AvgIpc) is 2.78. The first-order chi connectivity index (χ1) is 16.4. The molecule has 0 saturated carbocycles. The summed E-state index contributed by atoms with van der Waals surface area (Å²) in [5, 5.41) is 34.2. The topological polar surface area (TPSA) is 251 Å². The van der Waals surface area contributed by atoms with Gasteiger partial charge in [0.15, 0.2) is 0 Å². The highest BCUT2D eigenvalue weighted by atomic mass is 16.4. The molecule has 14 nitrogen and oxygen atoms in total. The van der Waals surface area contributed by atoms with E-state index in [1.54, 1.807) is 0 Å². The molecule has 4 amide bonds. The lowest BCUT2D eigenvalue weighted by atomic mass is 10.0. The number of amides is 4. The van der Waals surface area contributed by atoms with Crippen LogP contribution in [0.1, 0.15) is 31.2 Å². The number of benzene rings is 1. The highest BCUT2D eigenvalue weighted by Crippen LogP contribution is 2.12. The molecule has 1 aromatic rings. The molecule has 3 atom stereocenters. The SMILES string of the molecule is NC(=O)CCC(NC(=O)CNC(=O)C(Cc1ccc(O)cc1)NC(=O)C(N)CCC(=O)O)C(=O)O. The maximum Gasteiger partial charge on any atom is 0.326 e. The maximum absolute atomic E-state index is 12.7. The van der Waals surface area contributed by atoms with E-state index in [1.165, 1.54) is 24.3 Å². The molecule has 35 heavy (non-hydrogen) atoms. The van der Waals surface area contributed by atoms with Crippen LogP contribution in [0.3, 0.4) is 0 Å². The number of nitrogens with two attached hydrogens (primary N) is 2. The Morgan fingerprint density at radius 3 is 2.03 bits per heavy atom. The minimum absolute atomic E-state index is 0.0181. The molecule has 0 aliphatic rings. The Morgan fingerprint density at radius 1 is 0.857 bits per heavy atom. The Hall–Kier alpha value is -4.20. The summed E-state index contributed by atoms with van der Waals surface area (Å²) in [6, 6.07) is 1.94. The van der Waals surface area contributed by atoms with E-state index in [9.17, 15) is 33.9 Å². The summed E-state index contributed by atoms with van der Waals surface area (Å²) >= 11 is 0. The Kier molecular flexibility index (Phi) is 11.7. The standard InChI is InChI=1S/C21H29N5O9/c22-13(5-8-18(30)31)19(32)26-15(9-11-1-3-12(27)4-2-11)20(33)24-10-17(29)25-14(21(34)35)6-7-16(23)28/h1-4,13-15,27H,5-10,22H2,(H2,23,28)(H,24,33)(H,25,29)(H,26,32)(H,30,31)(H,34,35). The van der Waals surface area contributed by atoms with E-state index in [1.807, 2.05) is 0 Å². The molecule has 14 heteroatoms. The maximum atomic E-state index is 12.7. The second-order valence-electron chi connectivity index (χ2n) is 7.65. The molecule has 0 fully saturated rings. The summed E-state index contributed by atoms with van der Waals surface area (Å²) in [5.41, 5.74) is 11.2. The number of carboxylic acids is 2. The summed E-state index contributed by atoms with van der Waals surface area (Å²) in [6.45, 7) is -0.633. The van der Waals surface area contributed by atoms with Crippen LogP contribution in [0, 0.1) is 0 Å². The first kappa shape index (κ1) is 28.8. The van der Waals surface area contributed by atoms with E-state index >= 15 is 0 Å². The third kappa shape index (κ3) is 11.5. The molecule has 0 saturated heterocycles. The number of primary amides is 1. The van der Waals surface area contributed by atoms with Crippen molar-refractivity contribution in [1.29, 1.82) is 0 Å². The van der Waals surface area contributed by atoms with Crippen molar-refractivity contribution in [1.82, 2.24) is 16.0 Å². The predicted molar refractivity (Wildman–Crippen MR) is 120 cm³/mol. The van der Waals surface area contributed by atoms with Gasteiger partial charge in [-0.2, -0.15) is 0 Å². The molecule has 0 bridgehead atoms. The Labute approximate surface area is 200 Å². The van der Waals surface area contributed by atoms with Crippen molar-refractivity contribution in [3.05, 3.63) is 29.8 Å². The molecule has 0 aliphatic carbocycles. The number of hydrogen-bond acceptors (Lipinski definition) is 8. The zero-order valence-electron chi connectivity index (χ0n) is 18.7. The number of aliphatic carboxylic acids is 2. The molecule has 1 rings (SSSR count). The van der Waals surface area contributed by atoms with Gasteiger partial charge in [0.25, 0.3) is 0 Å². The van der Waals surface area contributed by atoms with Crippen LogP contribution in [0.5, 0.6) is 5.75 Å². The van der Waals surface area contributed by atoms with Crippen LogP contribution in [0.15, 0.2) is 24.3 Å². The van der Waals surface area contributed by atoms with E-state index in [0.717, 1.165) is 0 Å². The van der Waals surface area contributed by atoms with Crippen LogP contribution in [-0.2, 0) is 35.2 Å². The molecular formula is C21H29N5O9. The van der Waals surface area contributed by atoms with Crippen molar-refractivity contribution in [2.75, 3.05) is 6.54 Å². The number of aromatic hydroxyl groups is 1. The number of carbonyl (C=O) groups is 6. The van der Waals surface area contributed by atoms with Crippen molar-refractivity contribution in [3.63, 3.8) is 0 Å². The quantitative estimate of drug-likeness (QED) is 0.128.